The summed E-state index contributed by atoms with van der Waals surface area (Å²) in [6.45, 7) is 0. The molecule has 7 aromatic rings. The first-order valence-corrected chi connectivity index (χ1v) is 13.8. The van der Waals surface area contributed by atoms with Gasteiger partial charge in [-0.3, -0.25) is 9.55 Å². The molecule has 194 valence electrons. The summed E-state index contributed by atoms with van der Waals surface area (Å²) in [7, 11) is 0. The van der Waals surface area contributed by atoms with Gasteiger partial charge in [0.2, 0.25) is 0 Å². The van der Waals surface area contributed by atoms with Crippen molar-refractivity contribution >= 4 is 33.0 Å². The number of ether oxygens (including phenoxy) is 1. The molecule has 1 aliphatic heterocycles. The van der Waals surface area contributed by atoms with Crippen LogP contribution in [0.2, 0.25) is 0 Å². The van der Waals surface area contributed by atoms with E-state index in [0.29, 0.717) is 0 Å². The highest BCUT2D eigenvalue weighted by atomic mass is 16.5. The van der Waals surface area contributed by atoms with Crippen LogP contribution in [0.25, 0.3) is 61.2 Å². The van der Waals surface area contributed by atoms with Crippen LogP contribution in [-0.2, 0) is 0 Å². The van der Waals surface area contributed by atoms with Crippen LogP contribution in [0.1, 0.15) is 11.5 Å². The smallest absolute Gasteiger partial charge is 0.145 e. The first-order valence-electron chi connectivity index (χ1n) is 13.8. The first-order chi connectivity index (χ1) is 20.3. The first kappa shape index (κ1) is 22.4. The third-order valence-electron chi connectivity index (χ3n) is 8.25. The maximum absolute atomic E-state index is 6.62. The minimum absolute atomic E-state index is 0.0359. The van der Waals surface area contributed by atoms with E-state index in [1.807, 2.05) is 48.8 Å². The summed E-state index contributed by atoms with van der Waals surface area (Å²) >= 11 is 0. The highest BCUT2D eigenvalue weighted by Crippen LogP contribution is 2.52. The standard InChI is InChI=1S/C36H23N3O2/c1-2-8-23(9-3-1)36-38-29-21-37-19-18-30(29)39(36)24-16-14-22(15-17-24)27-20-28-25-10-4-6-12-31(25)40-35(28)33-26-11-5-7-13-32(26)41-34(27)33/h1-21,26,32H. The van der Waals surface area contributed by atoms with Gasteiger partial charge >= 0.3 is 0 Å². The van der Waals surface area contributed by atoms with E-state index < -0.39 is 0 Å². The fraction of sp³-hybridized carbons (Fsp3) is 0.0556. The Labute approximate surface area is 235 Å². The third-order valence-corrected chi connectivity index (χ3v) is 8.25. The van der Waals surface area contributed by atoms with Crippen LogP contribution >= 0.6 is 0 Å². The summed E-state index contributed by atoms with van der Waals surface area (Å²) in [5.74, 6) is 1.91. The van der Waals surface area contributed by atoms with Crippen molar-refractivity contribution in [1.29, 1.82) is 0 Å². The highest BCUT2D eigenvalue weighted by molar-refractivity contribution is 6.09. The minimum atomic E-state index is -0.0359. The van der Waals surface area contributed by atoms with Gasteiger partial charge in [0.15, 0.2) is 0 Å². The molecule has 0 fully saturated rings. The average Bonchev–Trinajstić information content (AvgIpc) is 3.72. The number of furan rings is 1. The molecule has 3 aromatic heterocycles. The van der Waals surface area contributed by atoms with Gasteiger partial charge in [0.1, 0.15) is 34.4 Å². The van der Waals surface area contributed by atoms with Crippen molar-refractivity contribution in [2.75, 3.05) is 0 Å². The van der Waals surface area contributed by atoms with Crippen molar-refractivity contribution in [1.82, 2.24) is 14.5 Å². The van der Waals surface area contributed by atoms with E-state index >= 15 is 0 Å². The Morgan fingerprint density at radius 1 is 0.756 bits per heavy atom. The molecule has 2 atom stereocenters. The molecule has 4 aromatic carbocycles. The second-order valence-corrected chi connectivity index (χ2v) is 10.6. The predicted octanol–water partition coefficient (Wildman–Crippen LogP) is 8.62. The van der Waals surface area contributed by atoms with Crippen molar-refractivity contribution in [3.05, 3.63) is 133 Å². The molecule has 41 heavy (non-hydrogen) atoms. The monoisotopic (exact) mass is 529 g/mol. The number of imidazole rings is 1. The minimum Gasteiger partial charge on any atom is -0.484 e. The number of hydrogen-bond acceptors (Lipinski definition) is 4. The Hall–Kier alpha value is -5.42. The molecule has 5 nitrogen and oxygen atoms in total. The lowest BCUT2D eigenvalue weighted by Gasteiger charge is -2.14. The highest BCUT2D eigenvalue weighted by Gasteiger charge is 2.37. The van der Waals surface area contributed by atoms with Crippen LogP contribution in [0.15, 0.2) is 132 Å². The summed E-state index contributed by atoms with van der Waals surface area (Å²) in [6.07, 6.45) is 12.1. The molecule has 5 heteroatoms. The Kier molecular flexibility index (Phi) is 4.66. The lowest BCUT2D eigenvalue weighted by atomic mass is 9.88. The topological polar surface area (TPSA) is 53.1 Å². The van der Waals surface area contributed by atoms with Crippen LogP contribution in [-0.4, -0.2) is 20.6 Å². The maximum atomic E-state index is 6.62. The zero-order valence-corrected chi connectivity index (χ0v) is 21.9. The number of rotatable bonds is 3. The van der Waals surface area contributed by atoms with Gasteiger partial charge in [0.25, 0.3) is 0 Å². The zero-order valence-electron chi connectivity index (χ0n) is 21.9. The molecule has 2 aliphatic rings. The predicted molar refractivity (Wildman–Crippen MR) is 162 cm³/mol. The molecule has 0 amide bonds. The summed E-state index contributed by atoms with van der Waals surface area (Å²) in [5, 5.41) is 2.23. The van der Waals surface area contributed by atoms with Crippen LogP contribution in [0.3, 0.4) is 0 Å². The summed E-state index contributed by atoms with van der Waals surface area (Å²) < 4.78 is 15.3. The van der Waals surface area contributed by atoms with Gasteiger partial charge < -0.3 is 9.15 Å². The van der Waals surface area contributed by atoms with Gasteiger partial charge in [-0.1, -0.05) is 78.9 Å². The molecule has 0 radical (unpaired) electrons. The number of fused-ring (bicyclic) bond motifs is 8. The molecular formula is C36H23N3O2. The van der Waals surface area contributed by atoms with E-state index in [-0.39, 0.29) is 12.0 Å². The zero-order chi connectivity index (χ0) is 26.9. The second kappa shape index (κ2) is 8.54. The van der Waals surface area contributed by atoms with E-state index in [0.717, 1.165) is 72.5 Å². The van der Waals surface area contributed by atoms with Crippen molar-refractivity contribution in [2.24, 2.45) is 0 Å². The van der Waals surface area contributed by atoms with Crippen molar-refractivity contribution in [3.63, 3.8) is 0 Å². The third kappa shape index (κ3) is 3.29. The molecule has 0 saturated carbocycles. The Morgan fingerprint density at radius 2 is 1.59 bits per heavy atom. The number of pyridine rings is 1. The van der Waals surface area contributed by atoms with Gasteiger partial charge in [0, 0.05) is 39.3 Å². The van der Waals surface area contributed by atoms with Gasteiger partial charge in [0.05, 0.1) is 17.6 Å². The molecule has 4 heterocycles. The average molecular weight is 530 g/mol. The molecule has 0 N–H and O–H groups in total. The SMILES string of the molecule is C1=CC2Oc3c(-c4ccc(-n5c(-c6ccccc6)nc6cnccc65)cc4)cc4c(oc5ccccc54)c3C2C=C1. The van der Waals surface area contributed by atoms with Gasteiger partial charge in [-0.15, -0.1) is 0 Å². The largest absolute Gasteiger partial charge is 0.484 e. The fourth-order valence-corrected chi connectivity index (χ4v) is 6.37. The quantitative estimate of drug-likeness (QED) is 0.230. The fourth-order valence-electron chi connectivity index (χ4n) is 6.37. The van der Waals surface area contributed by atoms with Gasteiger partial charge in [-0.2, -0.15) is 0 Å². The van der Waals surface area contributed by atoms with Crippen molar-refractivity contribution < 1.29 is 9.15 Å². The van der Waals surface area contributed by atoms with E-state index in [9.17, 15) is 0 Å². The lowest BCUT2D eigenvalue weighted by molar-refractivity contribution is 0.270. The van der Waals surface area contributed by atoms with E-state index in [1.54, 1.807) is 0 Å². The molecule has 0 saturated heterocycles. The van der Waals surface area contributed by atoms with Crippen molar-refractivity contribution in [2.45, 2.75) is 12.0 Å². The molecule has 2 unspecified atom stereocenters. The molecule has 1 aliphatic carbocycles. The molecular weight excluding hydrogens is 506 g/mol. The summed E-state index contributed by atoms with van der Waals surface area (Å²) in [4.78, 5) is 9.25. The maximum Gasteiger partial charge on any atom is 0.145 e. The van der Waals surface area contributed by atoms with Crippen LogP contribution in [0.5, 0.6) is 5.75 Å². The number of benzene rings is 4. The van der Waals surface area contributed by atoms with Crippen LogP contribution < -0.4 is 4.74 Å². The number of hydrogen-bond donors (Lipinski definition) is 0. The second-order valence-electron chi connectivity index (χ2n) is 10.6. The number of nitrogens with zero attached hydrogens (tertiary/aromatic N) is 3. The molecule has 0 spiro atoms. The van der Waals surface area contributed by atoms with Gasteiger partial charge in [-0.05, 0) is 42.0 Å². The summed E-state index contributed by atoms with van der Waals surface area (Å²) in [6, 6.07) is 31.5. The van der Waals surface area contributed by atoms with E-state index in [1.165, 1.54) is 0 Å². The summed E-state index contributed by atoms with van der Waals surface area (Å²) in [5.41, 5.74) is 9.08. The van der Waals surface area contributed by atoms with Crippen LogP contribution in [0.4, 0.5) is 0 Å². The van der Waals surface area contributed by atoms with Crippen LogP contribution in [0, 0.1) is 0 Å². The van der Waals surface area contributed by atoms with E-state index in [2.05, 4.69) is 88.5 Å². The normalized spacial score (nSPS) is 17.3. The Balaban J connectivity index is 1.24. The number of aromatic nitrogens is 3. The van der Waals surface area contributed by atoms with E-state index in [4.69, 9.17) is 14.1 Å². The van der Waals surface area contributed by atoms with Gasteiger partial charge in [-0.25, -0.2) is 4.98 Å². The Morgan fingerprint density at radius 3 is 2.49 bits per heavy atom. The number of para-hydroxylation sites is 1. The molecule has 9 rings (SSSR count). The molecule has 0 bridgehead atoms. The van der Waals surface area contributed by atoms with Crippen molar-refractivity contribution in [3.8, 4) is 34.0 Å². The Bertz CT molecular complexity index is 2190. The number of allylic oxidation sites excluding steroid dienone is 2. The lowest BCUT2D eigenvalue weighted by Crippen LogP contribution is -2.15.